The Kier molecular flexibility index (Phi) is 4.49. The maximum atomic E-state index is 12.1. The highest BCUT2D eigenvalue weighted by molar-refractivity contribution is 9.10. The Labute approximate surface area is 107 Å². The minimum Gasteiger partial charge on any atom is -0.317 e. The maximum absolute atomic E-state index is 12.1. The number of halogens is 1. The molecular formula is C11H15BrN2OS. The summed E-state index contributed by atoms with van der Waals surface area (Å²) in [6.07, 6.45) is 2.25. The fourth-order valence-electron chi connectivity index (χ4n) is 1.86. The van der Waals surface area contributed by atoms with E-state index in [0.717, 1.165) is 36.3 Å². The van der Waals surface area contributed by atoms with Crippen LogP contribution in [0.5, 0.6) is 0 Å². The van der Waals surface area contributed by atoms with Gasteiger partial charge in [0, 0.05) is 5.75 Å². The van der Waals surface area contributed by atoms with Gasteiger partial charge < -0.3 is 5.32 Å². The van der Waals surface area contributed by atoms with Crippen LogP contribution in [0.25, 0.3) is 0 Å². The van der Waals surface area contributed by atoms with Crippen LogP contribution in [0.4, 0.5) is 0 Å². The van der Waals surface area contributed by atoms with Crippen LogP contribution >= 0.6 is 15.9 Å². The van der Waals surface area contributed by atoms with Crippen molar-refractivity contribution >= 4 is 26.7 Å². The Morgan fingerprint density at radius 3 is 2.88 bits per heavy atom. The molecule has 3 nitrogen and oxygen atoms in total. The molecule has 0 bridgehead atoms. The summed E-state index contributed by atoms with van der Waals surface area (Å²) in [5, 5.41) is 4.00. The van der Waals surface area contributed by atoms with Crippen molar-refractivity contribution in [2.24, 2.45) is 5.92 Å². The van der Waals surface area contributed by atoms with Gasteiger partial charge in [-0.05, 0) is 59.9 Å². The van der Waals surface area contributed by atoms with Crippen molar-refractivity contribution in [3.63, 3.8) is 0 Å². The van der Waals surface area contributed by atoms with E-state index in [1.807, 2.05) is 18.2 Å². The standard InChI is InChI=1S/C11H15BrN2OS/c12-10-2-1-3-11(14-10)16(15)8-9-4-6-13-7-5-9/h1-3,9,13H,4-8H2/t16-/m0/s1. The molecule has 0 aliphatic carbocycles. The van der Waals surface area contributed by atoms with Gasteiger partial charge in [-0.25, -0.2) is 4.98 Å². The Hall–Kier alpha value is -0.260. The summed E-state index contributed by atoms with van der Waals surface area (Å²) in [6.45, 7) is 2.10. The molecule has 1 aromatic heterocycles. The molecule has 1 aliphatic heterocycles. The molecule has 16 heavy (non-hydrogen) atoms. The second kappa shape index (κ2) is 5.89. The van der Waals surface area contributed by atoms with Gasteiger partial charge in [-0.15, -0.1) is 0 Å². The maximum Gasteiger partial charge on any atom is 0.128 e. The Balaban J connectivity index is 1.97. The number of hydrogen-bond donors (Lipinski definition) is 1. The van der Waals surface area contributed by atoms with Gasteiger partial charge in [-0.3, -0.25) is 4.21 Å². The van der Waals surface area contributed by atoms with Gasteiger partial charge in [-0.2, -0.15) is 0 Å². The van der Waals surface area contributed by atoms with Crippen molar-refractivity contribution in [1.82, 2.24) is 10.3 Å². The third-order valence-corrected chi connectivity index (χ3v) is 4.68. The van der Waals surface area contributed by atoms with Crippen molar-refractivity contribution in [1.29, 1.82) is 0 Å². The van der Waals surface area contributed by atoms with Gasteiger partial charge in [-0.1, -0.05) is 6.07 Å². The molecule has 0 amide bonds. The average molecular weight is 303 g/mol. The third kappa shape index (κ3) is 3.37. The van der Waals surface area contributed by atoms with Crippen LogP contribution in [0.2, 0.25) is 0 Å². The number of aromatic nitrogens is 1. The Morgan fingerprint density at radius 2 is 2.19 bits per heavy atom. The van der Waals surface area contributed by atoms with Crippen molar-refractivity contribution in [2.45, 2.75) is 17.9 Å². The first-order valence-electron chi connectivity index (χ1n) is 5.47. The van der Waals surface area contributed by atoms with Crippen LogP contribution in [-0.2, 0) is 10.8 Å². The molecule has 1 atom stereocenters. The first-order chi connectivity index (χ1) is 7.75. The lowest BCUT2D eigenvalue weighted by Gasteiger charge is -2.21. The highest BCUT2D eigenvalue weighted by Crippen LogP contribution is 2.17. The molecule has 0 radical (unpaired) electrons. The fraction of sp³-hybridized carbons (Fsp3) is 0.545. The highest BCUT2D eigenvalue weighted by atomic mass is 79.9. The Morgan fingerprint density at radius 1 is 1.44 bits per heavy atom. The zero-order valence-electron chi connectivity index (χ0n) is 8.99. The van der Waals surface area contributed by atoms with E-state index in [9.17, 15) is 4.21 Å². The van der Waals surface area contributed by atoms with Gasteiger partial charge in [0.2, 0.25) is 0 Å². The summed E-state index contributed by atoms with van der Waals surface area (Å²) in [6, 6.07) is 5.57. The van der Waals surface area contributed by atoms with Crippen LogP contribution in [0.3, 0.4) is 0 Å². The molecule has 5 heteroatoms. The van der Waals surface area contributed by atoms with Gasteiger partial charge >= 0.3 is 0 Å². The summed E-state index contributed by atoms with van der Waals surface area (Å²) in [4.78, 5) is 4.24. The minimum absolute atomic E-state index is 0.572. The monoisotopic (exact) mass is 302 g/mol. The molecule has 0 saturated carbocycles. The van der Waals surface area contributed by atoms with E-state index >= 15 is 0 Å². The lowest BCUT2D eigenvalue weighted by molar-refractivity contribution is 0.405. The van der Waals surface area contributed by atoms with Crippen LogP contribution in [-0.4, -0.2) is 28.0 Å². The predicted molar refractivity (Wildman–Crippen MR) is 68.8 cm³/mol. The van der Waals surface area contributed by atoms with E-state index in [2.05, 4.69) is 26.2 Å². The first kappa shape index (κ1) is 12.2. The van der Waals surface area contributed by atoms with Crippen molar-refractivity contribution in [2.75, 3.05) is 18.8 Å². The summed E-state index contributed by atoms with van der Waals surface area (Å²) >= 11 is 3.30. The summed E-state index contributed by atoms with van der Waals surface area (Å²) in [7, 11) is -0.960. The van der Waals surface area contributed by atoms with Crippen molar-refractivity contribution in [3.8, 4) is 0 Å². The molecule has 1 saturated heterocycles. The summed E-state index contributed by atoms with van der Waals surface area (Å²) in [5.41, 5.74) is 0. The average Bonchev–Trinajstić information content (AvgIpc) is 2.30. The number of nitrogens with one attached hydrogen (secondary N) is 1. The summed E-state index contributed by atoms with van der Waals surface area (Å²) in [5.74, 6) is 1.31. The van der Waals surface area contributed by atoms with Crippen LogP contribution < -0.4 is 5.32 Å². The second-order valence-corrected chi connectivity index (χ2v) is 6.26. The lowest BCUT2D eigenvalue weighted by Crippen LogP contribution is -2.30. The first-order valence-corrected chi connectivity index (χ1v) is 7.58. The van der Waals surface area contributed by atoms with Crippen LogP contribution in [0, 0.1) is 5.92 Å². The highest BCUT2D eigenvalue weighted by Gasteiger charge is 2.17. The fourth-order valence-corrected chi connectivity index (χ4v) is 3.69. The SMILES string of the molecule is O=[S@@](CC1CCNCC1)c1cccc(Br)n1. The molecule has 2 rings (SSSR count). The quantitative estimate of drug-likeness (QED) is 0.868. The lowest BCUT2D eigenvalue weighted by atomic mass is 10.0. The molecule has 1 aliphatic rings. The molecule has 1 N–H and O–H groups in total. The van der Waals surface area contributed by atoms with E-state index in [1.54, 1.807) is 0 Å². The number of pyridine rings is 1. The smallest absolute Gasteiger partial charge is 0.128 e. The number of nitrogens with zero attached hydrogens (tertiary/aromatic N) is 1. The number of hydrogen-bond acceptors (Lipinski definition) is 3. The van der Waals surface area contributed by atoms with Gasteiger partial charge in [0.1, 0.15) is 9.63 Å². The molecule has 0 spiro atoms. The zero-order valence-corrected chi connectivity index (χ0v) is 11.4. The summed E-state index contributed by atoms with van der Waals surface area (Å²) < 4.78 is 12.8. The van der Waals surface area contributed by atoms with Crippen molar-refractivity contribution in [3.05, 3.63) is 22.8 Å². The number of rotatable bonds is 3. The molecule has 0 aromatic carbocycles. The Bertz CT molecular complexity index is 380. The zero-order chi connectivity index (χ0) is 11.4. The molecule has 0 unspecified atom stereocenters. The van der Waals surface area contributed by atoms with Crippen LogP contribution in [0.1, 0.15) is 12.8 Å². The van der Waals surface area contributed by atoms with E-state index in [4.69, 9.17) is 0 Å². The van der Waals surface area contributed by atoms with E-state index in [1.165, 1.54) is 0 Å². The molecule has 1 fully saturated rings. The van der Waals surface area contributed by atoms with E-state index in [0.29, 0.717) is 10.9 Å². The van der Waals surface area contributed by atoms with E-state index < -0.39 is 10.8 Å². The minimum atomic E-state index is -0.960. The molecular weight excluding hydrogens is 288 g/mol. The van der Waals surface area contributed by atoms with Gasteiger partial charge in [0.05, 0.1) is 10.8 Å². The second-order valence-electron chi connectivity index (χ2n) is 4.00. The number of piperidine rings is 1. The largest absolute Gasteiger partial charge is 0.317 e. The predicted octanol–water partition coefficient (Wildman–Crippen LogP) is 1.95. The third-order valence-electron chi connectivity index (χ3n) is 2.77. The van der Waals surface area contributed by atoms with E-state index in [-0.39, 0.29) is 0 Å². The molecule has 2 heterocycles. The van der Waals surface area contributed by atoms with Gasteiger partial charge in [0.15, 0.2) is 0 Å². The van der Waals surface area contributed by atoms with Crippen LogP contribution in [0.15, 0.2) is 27.8 Å². The normalized spacial score (nSPS) is 19.6. The molecule has 88 valence electrons. The topological polar surface area (TPSA) is 42.0 Å². The molecule has 1 aromatic rings. The van der Waals surface area contributed by atoms with Gasteiger partial charge in [0.25, 0.3) is 0 Å². The van der Waals surface area contributed by atoms with Crippen molar-refractivity contribution < 1.29 is 4.21 Å².